The summed E-state index contributed by atoms with van der Waals surface area (Å²) in [5, 5.41) is 0. The molecule has 0 saturated carbocycles. The maximum Gasteiger partial charge on any atom is 0.167 e. The van der Waals surface area contributed by atoms with E-state index in [1.165, 1.54) is 12.1 Å². The lowest BCUT2D eigenvalue weighted by Crippen LogP contribution is -2.56. The number of ether oxygens (including phenoxy) is 1. The molecule has 0 bridgehead atoms. The summed E-state index contributed by atoms with van der Waals surface area (Å²) in [6.07, 6.45) is 0.0161. The van der Waals surface area contributed by atoms with E-state index in [1.54, 1.807) is 0 Å². The second kappa shape index (κ2) is 4.37. The topological polar surface area (TPSA) is 12.5 Å². The molecule has 2 nitrogen and oxygen atoms in total. The molecule has 88 valence electrons. The van der Waals surface area contributed by atoms with E-state index in [9.17, 15) is 8.78 Å². The molecule has 0 unspecified atom stereocenters. The molecule has 1 fully saturated rings. The molecule has 0 aliphatic carbocycles. The second-order valence-corrected chi connectivity index (χ2v) is 4.36. The number of rotatable bonds is 3. The molecule has 1 aliphatic rings. The summed E-state index contributed by atoms with van der Waals surface area (Å²) in [7, 11) is 0. The Morgan fingerprint density at radius 3 is 2.56 bits per heavy atom. The van der Waals surface area contributed by atoms with Crippen molar-refractivity contribution in [2.24, 2.45) is 0 Å². The van der Waals surface area contributed by atoms with Gasteiger partial charge in [0.1, 0.15) is 11.9 Å². The van der Waals surface area contributed by atoms with Gasteiger partial charge in [0.05, 0.1) is 0 Å². The van der Waals surface area contributed by atoms with Gasteiger partial charge >= 0.3 is 0 Å². The van der Waals surface area contributed by atoms with Crippen molar-refractivity contribution >= 4 is 0 Å². The lowest BCUT2D eigenvalue weighted by atomic mass is 10.1. The van der Waals surface area contributed by atoms with Crippen LogP contribution in [-0.4, -0.2) is 30.1 Å². The first-order valence-electron chi connectivity index (χ1n) is 5.42. The van der Waals surface area contributed by atoms with Crippen LogP contribution in [-0.2, 0) is 0 Å². The minimum Gasteiger partial charge on any atom is -0.485 e. The standard InChI is InChI=1S/C12H15F2NO/c1-8(2)15-6-10(7-15)16-12-4-3-9(13)5-11(12)14/h3-5,8,10H,6-7H2,1-2H3. The molecule has 0 spiro atoms. The van der Waals surface area contributed by atoms with Gasteiger partial charge in [0, 0.05) is 25.2 Å². The molecule has 0 atom stereocenters. The number of likely N-dealkylation sites (tertiary alicyclic amines) is 1. The predicted octanol–water partition coefficient (Wildman–Crippen LogP) is 2.44. The maximum absolute atomic E-state index is 13.2. The normalized spacial score (nSPS) is 17.6. The summed E-state index contributed by atoms with van der Waals surface area (Å²) in [5.74, 6) is -1.08. The van der Waals surface area contributed by atoms with Crippen LogP contribution >= 0.6 is 0 Å². The number of benzene rings is 1. The number of hydrogen-bond donors (Lipinski definition) is 0. The first-order valence-corrected chi connectivity index (χ1v) is 5.42. The third-order valence-corrected chi connectivity index (χ3v) is 2.79. The van der Waals surface area contributed by atoms with Crippen LogP contribution in [0.5, 0.6) is 5.75 Å². The van der Waals surface area contributed by atoms with Crippen molar-refractivity contribution in [2.75, 3.05) is 13.1 Å². The molecular formula is C12H15F2NO. The van der Waals surface area contributed by atoms with E-state index < -0.39 is 11.6 Å². The first kappa shape index (κ1) is 11.3. The fourth-order valence-corrected chi connectivity index (χ4v) is 1.72. The Kier molecular flexibility index (Phi) is 3.10. The highest BCUT2D eigenvalue weighted by molar-refractivity contribution is 5.25. The zero-order valence-electron chi connectivity index (χ0n) is 9.41. The lowest BCUT2D eigenvalue weighted by Gasteiger charge is -2.41. The van der Waals surface area contributed by atoms with Crippen LogP contribution in [0.15, 0.2) is 18.2 Å². The van der Waals surface area contributed by atoms with Crippen molar-refractivity contribution in [3.63, 3.8) is 0 Å². The van der Waals surface area contributed by atoms with Crippen LogP contribution in [0.2, 0.25) is 0 Å². The minimum atomic E-state index is -0.636. The van der Waals surface area contributed by atoms with Gasteiger partial charge in [0.2, 0.25) is 0 Å². The third kappa shape index (κ3) is 2.32. The predicted molar refractivity (Wildman–Crippen MR) is 57.5 cm³/mol. The molecule has 16 heavy (non-hydrogen) atoms. The number of hydrogen-bond acceptors (Lipinski definition) is 2. The van der Waals surface area contributed by atoms with Crippen LogP contribution in [0, 0.1) is 11.6 Å². The molecule has 0 aromatic heterocycles. The average molecular weight is 227 g/mol. The highest BCUT2D eigenvalue weighted by Crippen LogP contribution is 2.23. The Labute approximate surface area is 93.8 Å². The molecule has 0 radical (unpaired) electrons. The van der Waals surface area contributed by atoms with Crippen molar-refractivity contribution in [3.05, 3.63) is 29.8 Å². The van der Waals surface area contributed by atoms with E-state index in [1.807, 2.05) is 0 Å². The van der Waals surface area contributed by atoms with E-state index >= 15 is 0 Å². The fraction of sp³-hybridized carbons (Fsp3) is 0.500. The van der Waals surface area contributed by atoms with Gasteiger partial charge in [-0.05, 0) is 26.0 Å². The summed E-state index contributed by atoms with van der Waals surface area (Å²) in [4.78, 5) is 2.23. The van der Waals surface area contributed by atoms with Crippen LogP contribution in [0.3, 0.4) is 0 Å². The summed E-state index contributed by atoms with van der Waals surface area (Å²) in [5.41, 5.74) is 0. The monoisotopic (exact) mass is 227 g/mol. The van der Waals surface area contributed by atoms with E-state index in [2.05, 4.69) is 18.7 Å². The van der Waals surface area contributed by atoms with Crippen LogP contribution < -0.4 is 4.74 Å². The summed E-state index contributed by atoms with van der Waals surface area (Å²) in [6.45, 7) is 5.81. The Balaban J connectivity index is 1.91. The van der Waals surface area contributed by atoms with E-state index in [-0.39, 0.29) is 11.9 Å². The average Bonchev–Trinajstić information content (AvgIpc) is 2.12. The maximum atomic E-state index is 13.2. The smallest absolute Gasteiger partial charge is 0.167 e. The first-order chi connectivity index (χ1) is 7.56. The quantitative estimate of drug-likeness (QED) is 0.786. The van der Waals surface area contributed by atoms with E-state index in [0.717, 1.165) is 19.2 Å². The van der Waals surface area contributed by atoms with Gasteiger partial charge in [0.15, 0.2) is 11.6 Å². The summed E-state index contributed by atoms with van der Waals surface area (Å²) in [6, 6.07) is 3.87. The van der Waals surface area contributed by atoms with Crippen LogP contribution in [0.1, 0.15) is 13.8 Å². The molecule has 2 rings (SSSR count). The van der Waals surface area contributed by atoms with Gasteiger partial charge in [-0.3, -0.25) is 4.90 Å². The fourth-order valence-electron chi connectivity index (χ4n) is 1.72. The largest absolute Gasteiger partial charge is 0.485 e. The van der Waals surface area contributed by atoms with Crippen LogP contribution in [0.25, 0.3) is 0 Å². The third-order valence-electron chi connectivity index (χ3n) is 2.79. The molecule has 1 aromatic rings. The SMILES string of the molecule is CC(C)N1CC(Oc2ccc(F)cc2F)C1. The van der Waals surface area contributed by atoms with Crippen molar-refractivity contribution < 1.29 is 13.5 Å². The second-order valence-electron chi connectivity index (χ2n) is 4.36. The highest BCUT2D eigenvalue weighted by atomic mass is 19.1. The van der Waals surface area contributed by atoms with E-state index in [0.29, 0.717) is 6.04 Å². The van der Waals surface area contributed by atoms with E-state index in [4.69, 9.17) is 4.74 Å². The molecule has 4 heteroatoms. The van der Waals surface area contributed by atoms with Crippen LogP contribution in [0.4, 0.5) is 8.78 Å². The zero-order valence-corrected chi connectivity index (χ0v) is 9.41. The van der Waals surface area contributed by atoms with Gasteiger partial charge < -0.3 is 4.74 Å². The summed E-state index contributed by atoms with van der Waals surface area (Å²) >= 11 is 0. The highest BCUT2D eigenvalue weighted by Gasteiger charge is 2.30. The molecule has 1 aromatic carbocycles. The van der Waals surface area contributed by atoms with Gasteiger partial charge in [0.25, 0.3) is 0 Å². The lowest BCUT2D eigenvalue weighted by molar-refractivity contribution is -0.00185. The molecule has 0 N–H and O–H groups in total. The van der Waals surface area contributed by atoms with Gasteiger partial charge in [-0.25, -0.2) is 8.78 Å². The van der Waals surface area contributed by atoms with Crippen molar-refractivity contribution in [1.29, 1.82) is 0 Å². The van der Waals surface area contributed by atoms with Crippen molar-refractivity contribution in [2.45, 2.75) is 26.0 Å². The van der Waals surface area contributed by atoms with Gasteiger partial charge in [-0.15, -0.1) is 0 Å². The zero-order chi connectivity index (χ0) is 11.7. The van der Waals surface area contributed by atoms with Gasteiger partial charge in [-0.2, -0.15) is 0 Å². The molecular weight excluding hydrogens is 212 g/mol. The molecule has 1 aliphatic heterocycles. The summed E-state index contributed by atoms with van der Waals surface area (Å²) < 4.78 is 31.3. The van der Waals surface area contributed by atoms with Crippen molar-refractivity contribution in [1.82, 2.24) is 4.90 Å². The molecule has 0 amide bonds. The minimum absolute atomic E-state index is 0.0161. The Hall–Kier alpha value is -1.16. The number of halogens is 2. The van der Waals surface area contributed by atoms with Gasteiger partial charge in [-0.1, -0.05) is 0 Å². The molecule has 1 heterocycles. The number of nitrogens with zero attached hydrogens (tertiary/aromatic N) is 1. The Morgan fingerprint density at radius 2 is 2.00 bits per heavy atom. The molecule has 1 saturated heterocycles. The Bertz CT molecular complexity index is 375. The van der Waals surface area contributed by atoms with Crippen molar-refractivity contribution in [3.8, 4) is 5.75 Å². The Morgan fingerprint density at radius 1 is 1.31 bits per heavy atom.